The lowest BCUT2D eigenvalue weighted by Gasteiger charge is -2.31. The molecule has 0 bridgehead atoms. The number of hydrogen-bond donors (Lipinski definition) is 1. The van der Waals surface area contributed by atoms with Crippen LogP contribution in [0.4, 0.5) is 11.4 Å². The molecule has 0 spiro atoms. The fraction of sp³-hybridized carbons (Fsp3) is 0.625. The van der Waals surface area contributed by atoms with Gasteiger partial charge in [-0.3, -0.25) is 0 Å². The molecule has 0 aromatic heterocycles. The van der Waals surface area contributed by atoms with Crippen molar-refractivity contribution in [1.82, 2.24) is 0 Å². The van der Waals surface area contributed by atoms with Gasteiger partial charge in [-0.25, -0.2) is 0 Å². The lowest BCUT2D eigenvalue weighted by atomic mass is 10.2. The van der Waals surface area contributed by atoms with Crippen LogP contribution in [0.2, 0.25) is 0 Å². The second-order valence-corrected chi connectivity index (χ2v) is 5.79. The van der Waals surface area contributed by atoms with Crippen LogP contribution in [0.15, 0.2) is 12.1 Å². The van der Waals surface area contributed by atoms with Gasteiger partial charge in [-0.2, -0.15) is 0 Å². The molecule has 1 fully saturated rings. The van der Waals surface area contributed by atoms with Crippen LogP contribution in [-0.4, -0.2) is 38.5 Å². The summed E-state index contributed by atoms with van der Waals surface area (Å²) in [6, 6.07) is 3.85. The maximum atomic E-state index is 6.10. The average molecular weight is 294 g/mol. The summed E-state index contributed by atoms with van der Waals surface area (Å²) < 4.78 is 17.1. The molecule has 0 amide bonds. The topological polar surface area (TPSA) is 57.0 Å². The molecule has 0 unspecified atom stereocenters. The van der Waals surface area contributed by atoms with E-state index in [1.165, 1.54) is 0 Å². The molecule has 1 saturated heterocycles. The third kappa shape index (κ3) is 4.17. The Bertz CT molecular complexity index is 469. The molecule has 1 aromatic rings. The van der Waals surface area contributed by atoms with Gasteiger partial charge in [0.15, 0.2) is 0 Å². The number of morpholine rings is 1. The molecule has 1 aliphatic heterocycles. The van der Waals surface area contributed by atoms with Gasteiger partial charge in [0, 0.05) is 25.2 Å². The second kappa shape index (κ2) is 6.89. The average Bonchev–Trinajstić information content (AvgIpc) is 2.41. The standard InChI is InChI=1S/C16H26N2O3/c1-11(2)20-15-10-14(18-5-7-19-8-6-18)16(9-13(15)17)21-12(3)4/h9-12H,5-8,17H2,1-4H3. The van der Waals surface area contributed by atoms with Gasteiger partial charge in [-0.1, -0.05) is 0 Å². The van der Waals surface area contributed by atoms with Gasteiger partial charge in [0.05, 0.1) is 36.8 Å². The zero-order valence-electron chi connectivity index (χ0n) is 13.4. The van der Waals surface area contributed by atoms with Crippen LogP contribution < -0.4 is 20.1 Å². The van der Waals surface area contributed by atoms with Crippen molar-refractivity contribution >= 4 is 11.4 Å². The van der Waals surface area contributed by atoms with Crippen LogP contribution in [0.1, 0.15) is 27.7 Å². The first-order chi connectivity index (χ1) is 9.97. The van der Waals surface area contributed by atoms with Crippen molar-refractivity contribution in [2.24, 2.45) is 0 Å². The van der Waals surface area contributed by atoms with Crippen molar-refractivity contribution < 1.29 is 14.2 Å². The molecule has 118 valence electrons. The van der Waals surface area contributed by atoms with Crippen LogP contribution in [0.25, 0.3) is 0 Å². The Balaban J connectivity index is 2.35. The van der Waals surface area contributed by atoms with Crippen LogP contribution in [0.5, 0.6) is 11.5 Å². The first-order valence-corrected chi connectivity index (χ1v) is 7.57. The number of hydrogen-bond acceptors (Lipinski definition) is 5. The number of anilines is 2. The Morgan fingerprint density at radius 1 is 1.00 bits per heavy atom. The van der Waals surface area contributed by atoms with Crippen molar-refractivity contribution in [3.63, 3.8) is 0 Å². The summed E-state index contributed by atoms with van der Waals surface area (Å²) in [5, 5.41) is 0. The Labute approximate surface area is 127 Å². The van der Waals surface area contributed by atoms with E-state index < -0.39 is 0 Å². The fourth-order valence-electron chi connectivity index (χ4n) is 2.32. The molecule has 1 aliphatic rings. The molecule has 2 N–H and O–H groups in total. The van der Waals surface area contributed by atoms with Crippen molar-refractivity contribution in [3.8, 4) is 11.5 Å². The highest BCUT2D eigenvalue weighted by Gasteiger charge is 2.19. The zero-order chi connectivity index (χ0) is 15.4. The highest BCUT2D eigenvalue weighted by atomic mass is 16.5. The third-order valence-electron chi connectivity index (χ3n) is 3.17. The molecule has 0 atom stereocenters. The lowest BCUT2D eigenvalue weighted by molar-refractivity contribution is 0.122. The minimum atomic E-state index is 0.0849. The number of benzene rings is 1. The summed E-state index contributed by atoms with van der Waals surface area (Å²) in [6.07, 6.45) is 0.183. The van der Waals surface area contributed by atoms with Gasteiger partial charge in [-0.05, 0) is 27.7 Å². The zero-order valence-corrected chi connectivity index (χ0v) is 13.4. The largest absolute Gasteiger partial charge is 0.489 e. The molecule has 2 rings (SSSR count). The molecule has 1 heterocycles. The Morgan fingerprint density at radius 2 is 1.57 bits per heavy atom. The van der Waals surface area contributed by atoms with Crippen LogP contribution in [0, 0.1) is 0 Å². The van der Waals surface area contributed by atoms with E-state index in [-0.39, 0.29) is 12.2 Å². The molecular weight excluding hydrogens is 268 g/mol. The number of nitrogens with two attached hydrogens (primary N) is 1. The molecule has 5 nitrogen and oxygen atoms in total. The summed E-state index contributed by atoms with van der Waals surface area (Å²) in [5.74, 6) is 1.52. The molecular formula is C16H26N2O3. The van der Waals surface area contributed by atoms with Crippen molar-refractivity contribution in [2.45, 2.75) is 39.9 Å². The van der Waals surface area contributed by atoms with E-state index in [2.05, 4.69) is 4.90 Å². The summed E-state index contributed by atoms with van der Waals surface area (Å²) in [4.78, 5) is 2.26. The molecule has 5 heteroatoms. The fourth-order valence-corrected chi connectivity index (χ4v) is 2.32. The second-order valence-electron chi connectivity index (χ2n) is 5.79. The predicted molar refractivity (Wildman–Crippen MR) is 85.4 cm³/mol. The quantitative estimate of drug-likeness (QED) is 0.846. The Morgan fingerprint density at radius 3 is 2.14 bits per heavy atom. The number of nitrogen functional groups attached to an aromatic ring is 1. The van der Waals surface area contributed by atoms with E-state index in [4.69, 9.17) is 19.9 Å². The molecule has 0 aliphatic carbocycles. The van der Waals surface area contributed by atoms with Crippen molar-refractivity contribution in [2.75, 3.05) is 36.9 Å². The summed E-state index contributed by atoms with van der Waals surface area (Å²) in [6.45, 7) is 11.2. The normalized spacial score (nSPS) is 15.6. The minimum absolute atomic E-state index is 0.0849. The maximum Gasteiger partial charge on any atom is 0.145 e. The van der Waals surface area contributed by atoms with Crippen LogP contribution >= 0.6 is 0 Å². The summed E-state index contributed by atoms with van der Waals surface area (Å²) in [7, 11) is 0. The van der Waals surface area contributed by atoms with Gasteiger partial charge in [0.25, 0.3) is 0 Å². The van der Waals surface area contributed by atoms with Gasteiger partial charge in [0.2, 0.25) is 0 Å². The van der Waals surface area contributed by atoms with E-state index in [1.807, 2.05) is 39.8 Å². The van der Waals surface area contributed by atoms with E-state index in [0.717, 1.165) is 37.7 Å². The highest BCUT2D eigenvalue weighted by Crippen LogP contribution is 2.38. The smallest absolute Gasteiger partial charge is 0.145 e. The summed E-state index contributed by atoms with van der Waals surface area (Å²) >= 11 is 0. The molecule has 0 saturated carbocycles. The van der Waals surface area contributed by atoms with Crippen molar-refractivity contribution in [1.29, 1.82) is 0 Å². The maximum absolute atomic E-state index is 6.10. The molecule has 1 aromatic carbocycles. The first kappa shape index (κ1) is 15.8. The SMILES string of the molecule is CC(C)Oc1cc(N2CCOCC2)c(OC(C)C)cc1N. The van der Waals surface area contributed by atoms with E-state index >= 15 is 0 Å². The van der Waals surface area contributed by atoms with E-state index in [9.17, 15) is 0 Å². The lowest BCUT2D eigenvalue weighted by Crippen LogP contribution is -2.36. The van der Waals surface area contributed by atoms with Crippen molar-refractivity contribution in [3.05, 3.63) is 12.1 Å². The van der Waals surface area contributed by atoms with Gasteiger partial charge in [0.1, 0.15) is 11.5 Å². The molecule has 21 heavy (non-hydrogen) atoms. The predicted octanol–water partition coefficient (Wildman–Crippen LogP) is 2.68. The van der Waals surface area contributed by atoms with Crippen LogP contribution in [0.3, 0.4) is 0 Å². The molecule has 0 radical (unpaired) electrons. The third-order valence-corrected chi connectivity index (χ3v) is 3.17. The van der Waals surface area contributed by atoms with Gasteiger partial charge >= 0.3 is 0 Å². The number of nitrogens with zero attached hydrogens (tertiary/aromatic N) is 1. The van der Waals surface area contributed by atoms with Gasteiger partial charge < -0.3 is 24.8 Å². The minimum Gasteiger partial charge on any atom is -0.489 e. The van der Waals surface area contributed by atoms with E-state index in [0.29, 0.717) is 11.4 Å². The Hall–Kier alpha value is -1.62. The Kier molecular flexibility index (Phi) is 5.17. The van der Waals surface area contributed by atoms with Crippen LogP contribution in [-0.2, 0) is 4.74 Å². The first-order valence-electron chi connectivity index (χ1n) is 7.57. The number of rotatable bonds is 5. The van der Waals surface area contributed by atoms with E-state index in [1.54, 1.807) is 0 Å². The highest BCUT2D eigenvalue weighted by molar-refractivity contribution is 5.70. The van der Waals surface area contributed by atoms with Gasteiger partial charge in [-0.15, -0.1) is 0 Å². The summed E-state index contributed by atoms with van der Waals surface area (Å²) in [5.41, 5.74) is 7.73. The monoisotopic (exact) mass is 294 g/mol. The number of ether oxygens (including phenoxy) is 3.